The molecule has 0 aromatic heterocycles. The molecular weight excluding hydrogens is 365 g/mol. The van der Waals surface area contributed by atoms with E-state index in [0.717, 1.165) is 10.5 Å². The number of halogens is 4. The average molecular weight is 373 g/mol. The molecule has 22 heavy (non-hydrogen) atoms. The van der Waals surface area contributed by atoms with E-state index in [2.05, 4.69) is 21.2 Å². The minimum Gasteiger partial charge on any atom is -0.318 e. The van der Waals surface area contributed by atoms with Crippen LogP contribution in [0, 0.1) is 17.5 Å². The number of carbonyl (C=O) groups excluding carboxylic acids is 2. The minimum absolute atomic E-state index is 0.342. The third kappa shape index (κ3) is 3.64. The Morgan fingerprint density at radius 3 is 2.05 bits per heavy atom. The number of hydrogen-bond acceptors (Lipinski definition) is 2. The molecule has 0 fully saturated rings. The smallest absolute Gasteiger partial charge is 0.314 e. The van der Waals surface area contributed by atoms with Crippen LogP contribution in [-0.4, -0.2) is 11.8 Å². The number of benzene rings is 2. The number of hydrogen-bond donors (Lipinski definition) is 2. The Balaban J connectivity index is 2.07. The van der Waals surface area contributed by atoms with Crippen LogP contribution < -0.4 is 10.6 Å². The molecule has 0 radical (unpaired) electrons. The zero-order valence-electron chi connectivity index (χ0n) is 10.8. The van der Waals surface area contributed by atoms with Gasteiger partial charge >= 0.3 is 11.8 Å². The molecule has 0 bridgehead atoms. The van der Waals surface area contributed by atoms with Crippen molar-refractivity contribution in [1.82, 2.24) is 0 Å². The van der Waals surface area contributed by atoms with Crippen molar-refractivity contribution in [1.29, 1.82) is 0 Å². The molecule has 2 N–H and O–H groups in total. The van der Waals surface area contributed by atoms with Gasteiger partial charge in [-0.3, -0.25) is 9.59 Å². The monoisotopic (exact) mass is 372 g/mol. The topological polar surface area (TPSA) is 58.2 Å². The van der Waals surface area contributed by atoms with Crippen LogP contribution in [-0.2, 0) is 9.59 Å². The second-order valence-electron chi connectivity index (χ2n) is 4.14. The van der Waals surface area contributed by atoms with Crippen molar-refractivity contribution >= 4 is 39.1 Å². The molecule has 0 spiro atoms. The van der Waals surface area contributed by atoms with Gasteiger partial charge in [0, 0.05) is 10.2 Å². The standard InChI is InChI=1S/C14H8BrF3N2O2/c15-7-1-3-8(4-2-7)19-13(21)14(22)20-10-6-5-9(16)11(17)12(10)18/h1-6H,(H,19,21)(H,20,22). The van der Waals surface area contributed by atoms with Crippen LogP contribution in [0.1, 0.15) is 0 Å². The first-order chi connectivity index (χ1) is 10.4. The summed E-state index contributed by atoms with van der Waals surface area (Å²) in [6.07, 6.45) is 0. The number of carbonyl (C=O) groups is 2. The molecule has 4 nitrogen and oxygen atoms in total. The lowest BCUT2D eigenvalue weighted by Crippen LogP contribution is -2.29. The largest absolute Gasteiger partial charge is 0.318 e. The van der Waals surface area contributed by atoms with E-state index in [-0.39, 0.29) is 0 Å². The molecule has 2 amide bonds. The summed E-state index contributed by atoms with van der Waals surface area (Å²) in [6.45, 7) is 0. The third-order valence-electron chi connectivity index (χ3n) is 2.59. The van der Waals surface area contributed by atoms with Gasteiger partial charge in [-0.05, 0) is 36.4 Å². The Morgan fingerprint density at radius 2 is 1.41 bits per heavy atom. The van der Waals surface area contributed by atoms with E-state index < -0.39 is 35.0 Å². The van der Waals surface area contributed by atoms with Crippen molar-refractivity contribution < 1.29 is 22.8 Å². The maximum Gasteiger partial charge on any atom is 0.314 e. The summed E-state index contributed by atoms with van der Waals surface area (Å²) in [5.74, 6) is -7.00. The van der Waals surface area contributed by atoms with Gasteiger partial charge in [0.1, 0.15) is 0 Å². The van der Waals surface area contributed by atoms with E-state index in [1.807, 2.05) is 5.32 Å². The summed E-state index contributed by atoms with van der Waals surface area (Å²) in [7, 11) is 0. The van der Waals surface area contributed by atoms with Crippen LogP contribution >= 0.6 is 15.9 Å². The highest BCUT2D eigenvalue weighted by Crippen LogP contribution is 2.19. The molecule has 0 aliphatic rings. The molecule has 0 saturated heterocycles. The molecule has 0 aliphatic carbocycles. The van der Waals surface area contributed by atoms with Gasteiger partial charge in [0.2, 0.25) is 0 Å². The van der Waals surface area contributed by atoms with E-state index in [1.54, 1.807) is 12.1 Å². The lowest BCUT2D eigenvalue weighted by atomic mass is 10.2. The zero-order chi connectivity index (χ0) is 16.3. The molecule has 114 valence electrons. The summed E-state index contributed by atoms with van der Waals surface area (Å²) in [5, 5.41) is 4.14. The number of nitrogens with one attached hydrogen (secondary N) is 2. The number of amides is 2. The molecule has 0 atom stereocenters. The minimum atomic E-state index is -1.73. The van der Waals surface area contributed by atoms with Crippen LogP contribution in [0.15, 0.2) is 40.9 Å². The van der Waals surface area contributed by atoms with E-state index in [0.29, 0.717) is 11.8 Å². The maximum atomic E-state index is 13.4. The summed E-state index contributed by atoms with van der Waals surface area (Å²) in [4.78, 5) is 23.3. The number of anilines is 2. The van der Waals surface area contributed by atoms with E-state index in [4.69, 9.17) is 0 Å². The van der Waals surface area contributed by atoms with E-state index in [9.17, 15) is 22.8 Å². The van der Waals surface area contributed by atoms with E-state index >= 15 is 0 Å². The highest BCUT2D eigenvalue weighted by atomic mass is 79.9. The van der Waals surface area contributed by atoms with Crippen molar-refractivity contribution in [3.05, 3.63) is 58.3 Å². The van der Waals surface area contributed by atoms with Crippen molar-refractivity contribution in [3.63, 3.8) is 0 Å². The van der Waals surface area contributed by atoms with Crippen molar-refractivity contribution in [2.24, 2.45) is 0 Å². The Morgan fingerprint density at radius 1 is 0.818 bits per heavy atom. The molecule has 0 saturated carbocycles. The lowest BCUT2D eigenvalue weighted by molar-refractivity contribution is -0.133. The Kier molecular flexibility index (Phi) is 4.81. The number of rotatable bonds is 2. The van der Waals surface area contributed by atoms with Gasteiger partial charge in [-0.2, -0.15) is 0 Å². The Hall–Kier alpha value is -2.35. The summed E-state index contributed by atoms with van der Waals surface area (Å²) in [6, 6.07) is 7.81. The van der Waals surface area contributed by atoms with E-state index in [1.165, 1.54) is 12.1 Å². The van der Waals surface area contributed by atoms with Gasteiger partial charge in [0.25, 0.3) is 0 Å². The molecule has 2 rings (SSSR count). The van der Waals surface area contributed by atoms with Crippen LogP contribution in [0.5, 0.6) is 0 Å². The molecular formula is C14H8BrF3N2O2. The van der Waals surface area contributed by atoms with Gasteiger partial charge in [0.15, 0.2) is 17.5 Å². The highest BCUT2D eigenvalue weighted by molar-refractivity contribution is 9.10. The van der Waals surface area contributed by atoms with Crippen LogP contribution in [0.3, 0.4) is 0 Å². The summed E-state index contributed by atoms with van der Waals surface area (Å²) >= 11 is 3.21. The second kappa shape index (κ2) is 6.61. The predicted octanol–water partition coefficient (Wildman–Crippen LogP) is 3.44. The van der Waals surface area contributed by atoms with Gasteiger partial charge in [-0.15, -0.1) is 0 Å². The zero-order valence-corrected chi connectivity index (χ0v) is 12.4. The van der Waals surface area contributed by atoms with Crippen molar-refractivity contribution in [2.75, 3.05) is 10.6 Å². The molecule has 2 aromatic rings. The highest BCUT2D eigenvalue weighted by Gasteiger charge is 2.19. The van der Waals surface area contributed by atoms with Gasteiger partial charge in [0.05, 0.1) is 5.69 Å². The quantitative estimate of drug-likeness (QED) is 0.626. The maximum absolute atomic E-state index is 13.4. The predicted molar refractivity (Wildman–Crippen MR) is 77.7 cm³/mol. The van der Waals surface area contributed by atoms with Crippen molar-refractivity contribution in [2.45, 2.75) is 0 Å². The SMILES string of the molecule is O=C(Nc1ccc(Br)cc1)C(=O)Nc1ccc(F)c(F)c1F. The fourth-order valence-corrected chi connectivity index (χ4v) is 1.79. The third-order valence-corrected chi connectivity index (χ3v) is 3.12. The van der Waals surface area contributed by atoms with Crippen molar-refractivity contribution in [3.8, 4) is 0 Å². The first-order valence-electron chi connectivity index (χ1n) is 5.90. The van der Waals surface area contributed by atoms with Gasteiger partial charge < -0.3 is 10.6 Å². The second-order valence-corrected chi connectivity index (χ2v) is 5.05. The van der Waals surface area contributed by atoms with Gasteiger partial charge in [-0.1, -0.05) is 15.9 Å². The summed E-state index contributed by atoms with van der Waals surface area (Å²) < 4.78 is 40.0. The van der Waals surface area contributed by atoms with Crippen LogP contribution in [0.2, 0.25) is 0 Å². The molecule has 0 heterocycles. The Bertz CT molecular complexity index is 736. The van der Waals surface area contributed by atoms with Crippen LogP contribution in [0.25, 0.3) is 0 Å². The first-order valence-corrected chi connectivity index (χ1v) is 6.69. The van der Waals surface area contributed by atoms with Crippen LogP contribution in [0.4, 0.5) is 24.5 Å². The fourth-order valence-electron chi connectivity index (χ4n) is 1.52. The normalized spacial score (nSPS) is 10.2. The average Bonchev–Trinajstić information content (AvgIpc) is 2.50. The molecule has 2 aromatic carbocycles. The Labute approximate surface area is 131 Å². The molecule has 8 heteroatoms. The van der Waals surface area contributed by atoms with Gasteiger partial charge in [-0.25, -0.2) is 13.2 Å². The molecule has 0 aliphatic heterocycles. The summed E-state index contributed by atoms with van der Waals surface area (Å²) in [5.41, 5.74) is -0.288. The lowest BCUT2D eigenvalue weighted by Gasteiger charge is -2.08. The first kappa shape index (κ1) is 16.0. The fraction of sp³-hybridized carbons (Fsp3) is 0. The molecule has 0 unspecified atom stereocenters.